The van der Waals surface area contributed by atoms with E-state index in [0.717, 1.165) is 5.69 Å². The Morgan fingerprint density at radius 2 is 2.39 bits per heavy atom. The predicted molar refractivity (Wildman–Crippen MR) is 66.2 cm³/mol. The van der Waals surface area contributed by atoms with Gasteiger partial charge >= 0.3 is 12.0 Å². The van der Waals surface area contributed by atoms with E-state index in [-0.39, 0.29) is 18.5 Å². The molecule has 7 heteroatoms. The highest BCUT2D eigenvalue weighted by Crippen LogP contribution is 2.22. The highest BCUT2D eigenvalue weighted by Gasteiger charge is 2.36. The molecule has 1 fully saturated rings. The Labute approximate surface area is 109 Å². The standard InChI is InChI=1S/C11H15N3O3S/c1-7-3-14(4-9(7)10(15)16)11(17)12-2-8-5-18-6-13-8/h5-7,9H,2-4H2,1H3,(H,12,17)(H,15,16)/t7-,9-/m1/s1. The van der Waals surface area contributed by atoms with Crippen LogP contribution in [0.5, 0.6) is 0 Å². The van der Waals surface area contributed by atoms with Gasteiger partial charge in [-0.3, -0.25) is 4.79 Å². The molecule has 0 spiro atoms. The van der Waals surface area contributed by atoms with Crippen molar-refractivity contribution >= 4 is 23.3 Å². The Bertz CT molecular complexity index is 435. The zero-order valence-electron chi connectivity index (χ0n) is 10.00. The maximum atomic E-state index is 11.9. The lowest BCUT2D eigenvalue weighted by molar-refractivity contribution is -0.142. The summed E-state index contributed by atoms with van der Waals surface area (Å²) in [5.41, 5.74) is 2.52. The smallest absolute Gasteiger partial charge is 0.317 e. The normalized spacial score (nSPS) is 23.1. The summed E-state index contributed by atoms with van der Waals surface area (Å²) >= 11 is 1.47. The molecule has 0 unspecified atom stereocenters. The van der Waals surface area contributed by atoms with Gasteiger partial charge in [0, 0.05) is 18.5 Å². The third-order valence-corrected chi connectivity index (χ3v) is 3.76. The van der Waals surface area contributed by atoms with Gasteiger partial charge in [0.2, 0.25) is 0 Å². The molecule has 2 N–H and O–H groups in total. The first-order valence-electron chi connectivity index (χ1n) is 5.70. The number of hydrogen-bond acceptors (Lipinski definition) is 4. The number of likely N-dealkylation sites (tertiary alicyclic amines) is 1. The second-order valence-corrected chi connectivity index (χ2v) is 5.18. The van der Waals surface area contributed by atoms with Gasteiger partial charge in [-0.1, -0.05) is 6.92 Å². The summed E-state index contributed by atoms with van der Waals surface area (Å²) in [6.07, 6.45) is 0. The lowest BCUT2D eigenvalue weighted by Gasteiger charge is -2.16. The summed E-state index contributed by atoms with van der Waals surface area (Å²) in [5.74, 6) is -1.31. The number of nitrogens with one attached hydrogen (secondary N) is 1. The summed E-state index contributed by atoms with van der Waals surface area (Å²) < 4.78 is 0. The Balaban J connectivity index is 1.85. The Kier molecular flexibility index (Phi) is 3.81. The predicted octanol–water partition coefficient (Wildman–Crippen LogP) is 1.01. The summed E-state index contributed by atoms with van der Waals surface area (Å²) in [7, 11) is 0. The van der Waals surface area contributed by atoms with Crippen molar-refractivity contribution in [1.82, 2.24) is 15.2 Å². The number of urea groups is 1. The Morgan fingerprint density at radius 1 is 1.61 bits per heavy atom. The maximum Gasteiger partial charge on any atom is 0.317 e. The minimum Gasteiger partial charge on any atom is -0.481 e. The zero-order chi connectivity index (χ0) is 13.1. The molecule has 2 atom stereocenters. The number of hydrogen-bond donors (Lipinski definition) is 2. The third-order valence-electron chi connectivity index (χ3n) is 3.12. The molecule has 2 amide bonds. The fourth-order valence-corrected chi connectivity index (χ4v) is 2.62. The topological polar surface area (TPSA) is 82.5 Å². The summed E-state index contributed by atoms with van der Waals surface area (Å²) in [6.45, 7) is 3.00. The molecule has 18 heavy (non-hydrogen) atoms. The van der Waals surface area contributed by atoms with Gasteiger partial charge in [-0.2, -0.15) is 0 Å². The van der Waals surface area contributed by atoms with Crippen LogP contribution in [0.3, 0.4) is 0 Å². The van der Waals surface area contributed by atoms with E-state index in [2.05, 4.69) is 10.3 Å². The largest absolute Gasteiger partial charge is 0.481 e. The number of carboxylic acids is 1. The fourth-order valence-electron chi connectivity index (χ4n) is 2.06. The molecular formula is C11H15N3O3S. The van der Waals surface area contributed by atoms with Gasteiger partial charge in [-0.05, 0) is 5.92 Å². The van der Waals surface area contributed by atoms with Crippen molar-refractivity contribution in [3.8, 4) is 0 Å². The summed E-state index contributed by atoms with van der Waals surface area (Å²) in [4.78, 5) is 28.4. The van der Waals surface area contributed by atoms with E-state index in [0.29, 0.717) is 13.1 Å². The zero-order valence-corrected chi connectivity index (χ0v) is 10.8. The second-order valence-electron chi connectivity index (χ2n) is 4.47. The van der Waals surface area contributed by atoms with Crippen LogP contribution < -0.4 is 5.32 Å². The van der Waals surface area contributed by atoms with Gasteiger partial charge in [0.25, 0.3) is 0 Å². The number of carboxylic acid groups (broad SMARTS) is 1. The molecule has 1 aliphatic heterocycles. The van der Waals surface area contributed by atoms with Crippen LogP contribution in [0, 0.1) is 11.8 Å². The maximum absolute atomic E-state index is 11.9. The number of aromatic nitrogens is 1. The molecule has 1 aliphatic rings. The minimum atomic E-state index is -0.836. The van der Waals surface area contributed by atoms with Gasteiger partial charge in [-0.15, -0.1) is 11.3 Å². The highest BCUT2D eigenvalue weighted by atomic mass is 32.1. The van der Waals surface area contributed by atoms with Crippen LogP contribution in [-0.4, -0.2) is 40.1 Å². The number of nitrogens with zero attached hydrogens (tertiary/aromatic N) is 2. The number of aliphatic carboxylic acids is 1. The summed E-state index contributed by atoms with van der Waals surface area (Å²) in [6, 6.07) is -0.224. The third kappa shape index (κ3) is 2.79. The molecule has 0 bridgehead atoms. The van der Waals surface area contributed by atoms with E-state index in [9.17, 15) is 9.59 Å². The van der Waals surface area contributed by atoms with Crippen LogP contribution in [0.25, 0.3) is 0 Å². The first-order chi connectivity index (χ1) is 8.58. The van der Waals surface area contributed by atoms with Crippen molar-refractivity contribution in [3.63, 3.8) is 0 Å². The molecule has 0 radical (unpaired) electrons. The monoisotopic (exact) mass is 269 g/mol. The number of carbonyl (C=O) groups is 2. The minimum absolute atomic E-state index is 0.00692. The van der Waals surface area contributed by atoms with Gasteiger partial charge in [-0.25, -0.2) is 9.78 Å². The van der Waals surface area contributed by atoms with E-state index >= 15 is 0 Å². The second kappa shape index (κ2) is 5.34. The molecule has 2 heterocycles. The van der Waals surface area contributed by atoms with Crippen molar-refractivity contribution in [2.45, 2.75) is 13.5 Å². The molecule has 2 rings (SSSR count). The number of rotatable bonds is 3. The summed E-state index contributed by atoms with van der Waals surface area (Å²) in [5, 5.41) is 13.6. The first kappa shape index (κ1) is 12.8. The lowest BCUT2D eigenvalue weighted by atomic mass is 9.99. The molecule has 0 saturated carbocycles. The van der Waals surface area contributed by atoms with Crippen LogP contribution in [0.2, 0.25) is 0 Å². The molecule has 1 aromatic rings. The van der Waals surface area contributed by atoms with Gasteiger partial charge in [0.15, 0.2) is 0 Å². The molecule has 1 saturated heterocycles. The molecular weight excluding hydrogens is 254 g/mol. The molecule has 0 aromatic carbocycles. The average molecular weight is 269 g/mol. The Morgan fingerprint density at radius 3 is 2.94 bits per heavy atom. The van der Waals surface area contributed by atoms with Gasteiger partial charge < -0.3 is 15.3 Å². The first-order valence-corrected chi connectivity index (χ1v) is 6.65. The van der Waals surface area contributed by atoms with Crippen molar-refractivity contribution < 1.29 is 14.7 Å². The van der Waals surface area contributed by atoms with Crippen molar-refractivity contribution in [2.75, 3.05) is 13.1 Å². The van der Waals surface area contributed by atoms with E-state index in [4.69, 9.17) is 5.11 Å². The van der Waals surface area contributed by atoms with E-state index in [1.54, 1.807) is 10.4 Å². The van der Waals surface area contributed by atoms with Gasteiger partial charge in [0.1, 0.15) is 0 Å². The lowest BCUT2D eigenvalue weighted by Crippen LogP contribution is -2.38. The van der Waals surface area contributed by atoms with Crippen molar-refractivity contribution in [1.29, 1.82) is 0 Å². The number of amides is 2. The molecule has 1 aromatic heterocycles. The van der Waals surface area contributed by atoms with Crippen molar-refractivity contribution in [3.05, 3.63) is 16.6 Å². The van der Waals surface area contributed by atoms with Crippen LogP contribution in [-0.2, 0) is 11.3 Å². The van der Waals surface area contributed by atoms with Gasteiger partial charge in [0.05, 0.1) is 23.7 Å². The Hall–Kier alpha value is -1.63. The van der Waals surface area contributed by atoms with Crippen LogP contribution in [0.4, 0.5) is 4.79 Å². The van der Waals surface area contributed by atoms with E-state index < -0.39 is 11.9 Å². The van der Waals surface area contributed by atoms with Crippen LogP contribution in [0.15, 0.2) is 10.9 Å². The molecule has 6 nitrogen and oxygen atoms in total. The van der Waals surface area contributed by atoms with Crippen LogP contribution in [0.1, 0.15) is 12.6 Å². The SMILES string of the molecule is C[C@@H]1CN(C(=O)NCc2cscn2)C[C@H]1C(=O)O. The van der Waals surface area contributed by atoms with Crippen LogP contribution >= 0.6 is 11.3 Å². The molecule has 98 valence electrons. The van der Waals surface area contributed by atoms with E-state index in [1.807, 2.05) is 12.3 Å². The highest BCUT2D eigenvalue weighted by molar-refractivity contribution is 7.07. The quantitative estimate of drug-likeness (QED) is 0.857. The fraction of sp³-hybridized carbons (Fsp3) is 0.545. The molecule has 0 aliphatic carbocycles. The number of thiazole rings is 1. The van der Waals surface area contributed by atoms with E-state index in [1.165, 1.54) is 11.3 Å². The van der Waals surface area contributed by atoms with Crippen molar-refractivity contribution in [2.24, 2.45) is 11.8 Å². The average Bonchev–Trinajstić information content (AvgIpc) is 2.94. The number of carbonyl (C=O) groups excluding carboxylic acids is 1.